The molecule has 0 spiro atoms. The molecule has 0 aromatic carbocycles. The van der Waals surface area contributed by atoms with E-state index in [0.29, 0.717) is 30.0 Å². The minimum Gasteiger partial charge on any atom is -0.340 e. The van der Waals surface area contributed by atoms with Crippen LogP contribution in [0.15, 0.2) is 0 Å². The first-order chi connectivity index (χ1) is 13.1. The molecule has 1 amide bonds. The van der Waals surface area contributed by atoms with Crippen molar-refractivity contribution in [2.75, 3.05) is 19.6 Å². The predicted molar refractivity (Wildman–Crippen MR) is 106 cm³/mol. The molecule has 4 heterocycles. The summed E-state index contributed by atoms with van der Waals surface area (Å²) in [5, 5.41) is 13.1. The summed E-state index contributed by atoms with van der Waals surface area (Å²) in [5.41, 5.74) is 3.78. The number of carbonyl (C=O) groups is 1. The summed E-state index contributed by atoms with van der Waals surface area (Å²) in [5.74, 6) is 1.92. The normalized spacial score (nSPS) is 47.3. The molecule has 0 bridgehead atoms. The van der Waals surface area contributed by atoms with Gasteiger partial charge in [-0.2, -0.15) is 0 Å². The van der Waals surface area contributed by atoms with E-state index >= 15 is 0 Å². The van der Waals surface area contributed by atoms with E-state index in [1.54, 1.807) is 0 Å². The summed E-state index contributed by atoms with van der Waals surface area (Å²) in [6, 6.07) is 1.84. The molecule has 0 aromatic heterocycles. The highest BCUT2D eigenvalue weighted by atomic mass is 16.2. The van der Waals surface area contributed by atoms with Crippen LogP contribution in [0.25, 0.3) is 0 Å². The minimum atomic E-state index is -0.283. The largest absolute Gasteiger partial charge is 0.340 e. The van der Waals surface area contributed by atoms with Gasteiger partial charge in [-0.15, -0.1) is 0 Å². The molecule has 0 aromatic rings. The lowest BCUT2D eigenvalue weighted by atomic mass is 9.64. The van der Waals surface area contributed by atoms with Gasteiger partial charge in [0, 0.05) is 36.0 Å². The second-order valence-electron chi connectivity index (χ2n) is 10.2. The Balaban J connectivity index is 1.42. The van der Waals surface area contributed by atoms with Gasteiger partial charge in [-0.1, -0.05) is 26.7 Å². The Labute approximate surface area is 163 Å². The first-order valence-electron chi connectivity index (χ1n) is 11.4. The van der Waals surface area contributed by atoms with Crippen molar-refractivity contribution in [3.8, 4) is 0 Å². The number of hydrogen-bond donors (Lipinski definition) is 4. The zero-order chi connectivity index (χ0) is 18.6. The van der Waals surface area contributed by atoms with E-state index < -0.39 is 0 Å². The Hall–Kier alpha value is -0.690. The highest BCUT2D eigenvalue weighted by Crippen LogP contribution is 2.49. The molecule has 4 N–H and O–H groups in total. The van der Waals surface area contributed by atoms with Crippen molar-refractivity contribution in [3.63, 3.8) is 0 Å². The number of piperidine rings is 2. The van der Waals surface area contributed by atoms with E-state index in [9.17, 15) is 4.79 Å². The summed E-state index contributed by atoms with van der Waals surface area (Å²) in [6.07, 6.45) is 9.35. The summed E-state index contributed by atoms with van der Waals surface area (Å²) in [6.45, 7) is 7.61. The second kappa shape index (κ2) is 6.97. The third-order valence-corrected chi connectivity index (χ3v) is 8.39. The number of fused-ring (bicyclic) bond motifs is 2. The highest BCUT2D eigenvalue weighted by Gasteiger charge is 2.58. The maximum atomic E-state index is 12.6. The second-order valence-corrected chi connectivity index (χ2v) is 10.2. The summed E-state index contributed by atoms with van der Waals surface area (Å²) in [7, 11) is 0. The van der Waals surface area contributed by atoms with Crippen LogP contribution in [-0.4, -0.2) is 54.8 Å². The molecule has 7 atom stereocenters. The summed E-state index contributed by atoms with van der Waals surface area (Å²) >= 11 is 0. The minimum absolute atomic E-state index is 0.153. The predicted octanol–water partition coefficient (Wildman–Crippen LogP) is 1.19. The number of carbonyl (C=O) groups excluding carboxylic acids is 1. The van der Waals surface area contributed by atoms with Gasteiger partial charge in [0.15, 0.2) is 0 Å². The van der Waals surface area contributed by atoms with Crippen molar-refractivity contribution < 1.29 is 4.79 Å². The van der Waals surface area contributed by atoms with Gasteiger partial charge in [0.1, 0.15) is 0 Å². The van der Waals surface area contributed by atoms with Crippen molar-refractivity contribution in [1.82, 2.24) is 26.4 Å². The summed E-state index contributed by atoms with van der Waals surface area (Å²) in [4.78, 5) is 12.6. The van der Waals surface area contributed by atoms with E-state index in [0.717, 1.165) is 19.0 Å². The smallest absolute Gasteiger partial charge is 0.227 e. The van der Waals surface area contributed by atoms with Gasteiger partial charge in [-0.05, 0) is 57.0 Å². The van der Waals surface area contributed by atoms with Crippen LogP contribution >= 0.6 is 0 Å². The molecule has 1 saturated carbocycles. The molecule has 6 unspecified atom stereocenters. The van der Waals surface area contributed by atoms with Gasteiger partial charge in [-0.3, -0.25) is 15.5 Å². The van der Waals surface area contributed by atoms with Gasteiger partial charge in [-0.25, -0.2) is 5.01 Å². The van der Waals surface area contributed by atoms with Crippen molar-refractivity contribution in [1.29, 1.82) is 0 Å². The van der Waals surface area contributed by atoms with Gasteiger partial charge >= 0.3 is 0 Å². The van der Waals surface area contributed by atoms with E-state index in [1.807, 2.05) is 0 Å². The van der Waals surface area contributed by atoms with E-state index in [2.05, 4.69) is 40.2 Å². The zero-order valence-corrected chi connectivity index (χ0v) is 17.0. The fraction of sp³-hybridized carbons (Fsp3) is 0.952. The molecule has 4 saturated heterocycles. The third-order valence-electron chi connectivity index (χ3n) is 8.39. The van der Waals surface area contributed by atoms with Crippen LogP contribution < -0.4 is 21.4 Å². The maximum absolute atomic E-state index is 12.6. The molecule has 5 fully saturated rings. The lowest BCUT2D eigenvalue weighted by molar-refractivity contribution is -0.127. The Kier molecular flexibility index (Phi) is 4.74. The topological polar surface area (TPSA) is 68.4 Å². The molecule has 27 heavy (non-hydrogen) atoms. The fourth-order valence-electron chi connectivity index (χ4n) is 7.06. The Bertz CT molecular complexity index is 575. The lowest BCUT2D eigenvalue weighted by Crippen LogP contribution is -2.57. The standard InChI is InChI=1S/C21H37N5O/c1-21(2)17-15(9-11-23-19(17)24-20(21)27)18-14-7-3-4-8-16(14)26(25-18)13-6-5-10-22-12-13/h13-19,22-23,25H,3-12H2,1-2H3,(H,24,27)/t13-,14?,15?,16?,17?,18?,19?/m1/s1. The molecule has 5 rings (SSSR count). The number of hydrogen-bond acceptors (Lipinski definition) is 5. The first kappa shape index (κ1) is 18.3. The number of amides is 1. The number of hydrazine groups is 1. The average Bonchev–Trinajstić information content (AvgIpc) is 3.18. The Morgan fingerprint density at radius 1 is 1.00 bits per heavy atom. The third kappa shape index (κ3) is 2.95. The Morgan fingerprint density at radius 2 is 1.85 bits per heavy atom. The average molecular weight is 376 g/mol. The van der Waals surface area contributed by atoms with Crippen molar-refractivity contribution in [3.05, 3.63) is 0 Å². The van der Waals surface area contributed by atoms with Crippen LogP contribution in [0.4, 0.5) is 0 Å². The van der Waals surface area contributed by atoms with Crippen LogP contribution in [0.1, 0.15) is 58.8 Å². The highest BCUT2D eigenvalue weighted by molar-refractivity contribution is 5.85. The van der Waals surface area contributed by atoms with Crippen molar-refractivity contribution in [2.45, 2.75) is 83.1 Å². The Morgan fingerprint density at radius 3 is 2.67 bits per heavy atom. The van der Waals surface area contributed by atoms with Crippen LogP contribution in [-0.2, 0) is 4.79 Å². The van der Waals surface area contributed by atoms with Crippen LogP contribution in [0.3, 0.4) is 0 Å². The first-order valence-corrected chi connectivity index (χ1v) is 11.4. The van der Waals surface area contributed by atoms with Gasteiger partial charge in [0.05, 0.1) is 6.17 Å². The molecule has 5 aliphatic rings. The quantitative estimate of drug-likeness (QED) is 0.584. The van der Waals surface area contributed by atoms with E-state index in [4.69, 9.17) is 0 Å². The summed E-state index contributed by atoms with van der Waals surface area (Å²) < 4.78 is 0. The van der Waals surface area contributed by atoms with Crippen LogP contribution in [0, 0.1) is 23.2 Å². The molecule has 1 aliphatic carbocycles. The van der Waals surface area contributed by atoms with E-state index in [-0.39, 0.29) is 17.5 Å². The monoisotopic (exact) mass is 375 g/mol. The molecular weight excluding hydrogens is 338 g/mol. The van der Waals surface area contributed by atoms with Crippen LogP contribution in [0.5, 0.6) is 0 Å². The molecule has 152 valence electrons. The van der Waals surface area contributed by atoms with Gasteiger partial charge in [0.2, 0.25) is 5.91 Å². The fourth-order valence-corrected chi connectivity index (χ4v) is 7.06. The molecule has 0 radical (unpaired) electrons. The van der Waals surface area contributed by atoms with Crippen molar-refractivity contribution in [2.24, 2.45) is 23.2 Å². The van der Waals surface area contributed by atoms with Crippen LogP contribution in [0.2, 0.25) is 0 Å². The number of nitrogens with one attached hydrogen (secondary N) is 4. The van der Waals surface area contributed by atoms with Gasteiger partial charge < -0.3 is 10.6 Å². The SMILES string of the molecule is CC1(C)C(=O)NC2NCCC(C3NN([C@@H]4CCCNC4)C4CCCCC34)C21. The zero-order valence-electron chi connectivity index (χ0n) is 17.0. The molecule has 6 nitrogen and oxygen atoms in total. The molecule has 6 heteroatoms. The van der Waals surface area contributed by atoms with Crippen molar-refractivity contribution >= 4 is 5.91 Å². The maximum Gasteiger partial charge on any atom is 0.227 e. The number of rotatable bonds is 2. The number of nitrogens with zero attached hydrogens (tertiary/aromatic N) is 1. The van der Waals surface area contributed by atoms with Gasteiger partial charge in [0.25, 0.3) is 0 Å². The molecular formula is C21H37N5O. The lowest BCUT2D eigenvalue weighted by Gasteiger charge is -2.44. The molecule has 4 aliphatic heterocycles. The van der Waals surface area contributed by atoms with E-state index in [1.165, 1.54) is 51.5 Å².